The molecule has 1 fully saturated rings. The maximum atomic E-state index is 12.7. The van der Waals surface area contributed by atoms with Crippen LogP contribution in [0.2, 0.25) is 0 Å². The van der Waals surface area contributed by atoms with Crippen LogP contribution in [-0.2, 0) is 4.74 Å². The van der Waals surface area contributed by atoms with Gasteiger partial charge in [0.2, 0.25) is 0 Å². The molecule has 0 saturated carbocycles. The van der Waals surface area contributed by atoms with E-state index in [-0.39, 0.29) is 23.1 Å². The first kappa shape index (κ1) is 14.8. The Labute approximate surface area is 128 Å². The third kappa shape index (κ3) is 2.76. The molecule has 0 spiro atoms. The number of para-hydroxylation sites is 1. The van der Waals surface area contributed by atoms with Crippen LogP contribution in [-0.4, -0.2) is 40.6 Å². The number of aromatic nitrogens is 1. The Morgan fingerprint density at radius 3 is 2.82 bits per heavy atom. The lowest BCUT2D eigenvalue weighted by Crippen LogP contribution is -2.54. The van der Waals surface area contributed by atoms with Crippen molar-refractivity contribution in [3.8, 4) is 0 Å². The van der Waals surface area contributed by atoms with E-state index in [2.05, 4.69) is 4.98 Å². The summed E-state index contributed by atoms with van der Waals surface area (Å²) in [6, 6.07) is 9.11. The van der Waals surface area contributed by atoms with Crippen molar-refractivity contribution in [1.29, 1.82) is 0 Å². The van der Waals surface area contributed by atoms with Crippen LogP contribution in [0.5, 0.6) is 0 Å². The number of carbonyl (C=O) groups excluding carboxylic acids is 1. The van der Waals surface area contributed by atoms with Crippen LogP contribution in [0, 0.1) is 0 Å². The molecule has 0 aliphatic carbocycles. The highest BCUT2D eigenvalue weighted by Gasteiger charge is 2.34. The fourth-order valence-corrected chi connectivity index (χ4v) is 3.09. The SMILES string of the molecule is C[C@H]1CN(C(=O)c2cc3ccccc3[nH]c2=O)CC(C)(C)O1. The van der Waals surface area contributed by atoms with E-state index in [1.165, 1.54) is 0 Å². The number of carbonyl (C=O) groups is 1. The molecule has 1 aromatic heterocycles. The maximum absolute atomic E-state index is 12.7. The molecule has 116 valence electrons. The van der Waals surface area contributed by atoms with Crippen molar-refractivity contribution in [2.75, 3.05) is 13.1 Å². The van der Waals surface area contributed by atoms with E-state index in [0.717, 1.165) is 10.9 Å². The number of hydrogen-bond acceptors (Lipinski definition) is 3. The van der Waals surface area contributed by atoms with Crippen LogP contribution in [0.3, 0.4) is 0 Å². The lowest BCUT2D eigenvalue weighted by molar-refractivity contribution is -0.118. The Kier molecular flexibility index (Phi) is 3.53. The first-order chi connectivity index (χ1) is 10.4. The monoisotopic (exact) mass is 300 g/mol. The van der Waals surface area contributed by atoms with Gasteiger partial charge >= 0.3 is 0 Å². The molecule has 1 saturated heterocycles. The first-order valence-corrected chi connectivity index (χ1v) is 7.45. The van der Waals surface area contributed by atoms with Gasteiger partial charge in [-0.15, -0.1) is 0 Å². The molecule has 3 rings (SSSR count). The zero-order valence-corrected chi connectivity index (χ0v) is 13.1. The molecule has 5 heteroatoms. The number of rotatable bonds is 1. The molecule has 1 N–H and O–H groups in total. The topological polar surface area (TPSA) is 62.4 Å². The number of aromatic amines is 1. The van der Waals surface area contributed by atoms with Crippen molar-refractivity contribution in [1.82, 2.24) is 9.88 Å². The molecule has 22 heavy (non-hydrogen) atoms. The Morgan fingerprint density at radius 1 is 1.36 bits per heavy atom. The number of fused-ring (bicyclic) bond motifs is 1. The van der Waals surface area contributed by atoms with Crippen LogP contribution in [0.15, 0.2) is 35.1 Å². The zero-order valence-electron chi connectivity index (χ0n) is 13.1. The quantitative estimate of drug-likeness (QED) is 0.878. The lowest BCUT2D eigenvalue weighted by atomic mass is 10.0. The highest BCUT2D eigenvalue weighted by Crippen LogP contribution is 2.22. The van der Waals surface area contributed by atoms with E-state index in [9.17, 15) is 9.59 Å². The second kappa shape index (κ2) is 5.25. The molecule has 0 radical (unpaired) electrons. The predicted octanol–water partition coefficient (Wildman–Crippen LogP) is 2.17. The Balaban J connectivity index is 1.98. The number of ether oxygens (including phenoxy) is 1. The minimum absolute atomic E-state index is 0.0489. The summed E-state index contributed by atoms with van der Waals surface area (Å²) in [6.45, 7) is 6.81. The summed E-state index contributed by atoms with van der Waals surface area (Å²) in [5.74, 6) is -0.241. The van der Waals surface area contributed by atoms with Crippen molar-refractivity contribution >= 4 is 16.8 Å². The van der Waals surface area contributed by atoms with Gasteiger partial charge in [-0.3, -0.25) is 9.59 Å². The molecule has 0 bridgehead atoms. The second-order valence-corrected chi connectivity index (χ2v) is 6.47. The van der Waals surface area contributed by atoms with Gasteiger partial charge in [0, 0.05) is 18.6 Å². The number of amides is 1. The van der Waals surface area contributed by atoms with E-state index in [1.54, 1.807) is 11.0 Å². The summed E-state index contributed by atoms with van der Waals surface area (Å²) in [6.07, 6.45) is -0.0489. The summed E-state index contributed by atoms with van der Waals surface area (Å²) in [5, 5.41) is 0.853. The Hall–Kier alpha value is -2.14. The highest BCUT2D eigenvalue weighted by molar-refractivity contribution is 5.97. The molecular formula is C17H20N2O3. The molecule has 1 aliphatic heterocycles. The van der Waals surface area contributed by atoms with Crippen molar-refractivity contribution in [3.63, 3.8) is 0 Å². The minimum Gasteiger partial charge on any atom is -0.369 e. The highest BCUT2D eigenvalue weighted by atomic mass is 16.5. The molecule has 2 heterocycles. The molecule has 1 atom stereocenters. The number of hydrogen-bond donors (Lipinski definition) is 1. The van der Waals surface area contributed by atoms with Gasteiger partial charge in [0.1, 0.15) is 5.56 Å². The van der Waals surface area contributed by atoms with Crippen molar-refractivity contribution in [2.45, 2.75) is 32.5 Å². The number of pyridine rings is 1. The van der Waals surface area contributed by atoms with Gasteiger partial charge in [-0.1, -0.05) is 18.2 Å². The third-order valence-electron chi connectivity index (χ3n) is 3.84. The van der Waals surface area contributed by atoms with Gasteiger partial charge < -0.3 is 14.6 Å². The molecule has 5 nitrogen and oxygen atoms in total. The van der Waals surface area contributed by atoms with Crippen LogP contribution in [0.25, 0.3) is 10.9 Å². The molecule has 1 aromatic carbocycles. The number of nitrogens with zero attached hydrogens (tertiary/aromatic N) is 1. The number of morpholine rings is 1. The largest absolute Gasteiger partial charge is 0.369 e. The molecule has 1 aliphatic rings. The summed E-state index contributed by atoms with van der Waals surface area (Å²) < 4.78 is 5.81. The summed E-state index contributed by atoms with van der Waals surface area (Å²) in [5.41, 5.74) is 0.167. The Morgan fingerprint density at radius 2 is 2.09 bits per heavy atom. The standard InChI is InChI=1S/C17H20N2O3/c1-11-9-19(10-17(2,3)22-11)16(21)13-8-12-6-4-5-7-14(12)18-15(13)20/h4-8,11H,9-10H2,1-3H3,(H,18,20)/t11-/m0/s1. The maximum Gasteiger partial charge on any atom is 0.261 e. The summed E-state index contributed by atoms with van der Waals surface area (Å²) >= 11 is 0. The van der Waals surface area contributed by atoms with Crippen LogP contribution in [0.1, 0.15) is 31.1 Å². The average molecular weight is 300 g/mol. The molecule has 1 amide bonds. The van der Waals surface area contributed by atoms with Crippen LogP contribution >= 0.6 is 0 Å². The second-order valence-electron chi connectivity index (χ2n) is 6.47. The average Bonchev–Trinajstić information content (AvgIpc) is 2.43. The van der Waals surface area contributed by atoms with Gasteiger partial charge in [0.25, 0.3) is 11.5 Å². The van der Waals surface area contributed by atoms with Gasteiger partial charge in [-0.05, 0) is 38.3 Å². The molecular weight excluding hydrogens is 280 g/mol. The van der Waals surface area contributed by atoms with E-state index in [1.807, 2.05) is 45.0 Å². The van der Waals surface area contributed by atoms with Crippen LogP contribution < -0.4 is 5.56 Å². The normalized spacial score (nSPS) is 21.0. The van der Waals surface area contributed by atoms with Crippen molar-refractivity contribution < 1.29 is 9.53 Å². The summed E-state index contributed by atoms with van der Waals surface area (Å²) in [4.78, 5) is 29.5. The zero-order chi connectivity index (χ0) is 15.9. The Bertz CT molecular complexity index is 779. The smallest absolute Gasteiger partial charge is 0.261 e. The van der Waals surface area contributed by atoms with Gasteiger partial charge in [0.15, 0.2) is 0 Å². The summed E-state index contributed by atoms with van der Waals surface area (Å²) in [7, 11) is 0. The van der Waals surface area contributed by atoms with E-state index in [0.29, 0.717) is 13.1 Å². The van der Waals surface area contributed by atoms with E-state index >= 15 is 0 Å². The molecule has 2 aromatic rings. The van der Waals surface area contributed by atoms with Crippen molar-refractivity contribution in [3.05, 3.63) is 46.2 Å². The lowest BCUT2D eigenvalue weighted by Gasteiger charge is -2.41. The van der Waals surface area contributed by atoms with E-state index < -0.39 is 5.60 Å². The number of H-pyrrole nitrogens is 1. The fourth-order valence-electron chi connectivity index (χ4n) is 3.09. The molecule has 0 unspecified atom stereocenters. The van der Waals surface area contributed by atoms with Gasteiger partial charge in [0.05, 0.1) is 11.7 Å². The fraction of sp³-hybridized carbons (Fsp3) is 0.412. The van der Waals surface area contributed by atoms with E-state index in [4.69, 9.17) is 4.74 Å². The third-order valence-corrected chi connectivity index (χ3v) is 3.84. The number of benzene rings is 1. The van der Waals surface area contributed by atoms with Gasteiger partial charge in [-0.25, -0.2) is 0 Å². The predicted molar refractivity (Wildman–Crippen MR) is 85.1 cm³/mol. The van der Waals surface area contributed by atoms with Crippen molar-refractivity contribution in [2.24, 2.45) is 0 Å². The minimum atomic E-state index is -0.406. The first-order valence-electron chi connectivity index (χ1n) is 7.45. The van der Waals surface area contributed by atoms with Gasteiger partial charge in [-0.2, -0.15) is 0 Å². The number of nitrogens with one attached hydrogen (secondary N) is 1. The van der Waals surface area contributed by atoms with Crippen LogP contribution in [0.4, 0.5) is 0 Å².